The predicted molar refractivity (Wildman–Crippen MR) is 52.2 cm³/mol. The molecule has 0 saturated carbocycles. The summed E-state index contributed by atoms with van der Waals surface area (Å²) < 4.78 is 0. The Labute approximate surface area is 81.8 Å². The minimum Gasteiger partial charge on any atom is -0.504 e. The molecule has 14 heavy (non-hydrogen) atoms. The molecule has 1 rings (SSSR count). The second-order valence-corrected chi connectivity index (χ2v) is 2.57. The molecule has 0 amide bonds. The van der Waals surface area contributed by atoms with Crippen LogP contribution in [-0.4, -0.2) is 21.3 Å². The summed E-state index contributed by atoms with van der Waals surface area (Å²) in [7, 11) is 0. The molecule has 76 valence electrons. The average Bonchev–Trinajstić information content (AvgIpc) is 2.11. The van der Waals surface area contributed by atoms with Gasteiger partial charge in [0.2, 0.25) is 0 Å². The van der Waals surface area contributed by atoms with Gasteiger partial charge >= 0.3 is 5.97 Å². The number of rotatable bonds is 1. The van der Waals surface area contributed by atoms with Gasteiger partial charge in [-0.3, -0.25) is 0 Å². The summed E-state index contributed by atoms with van der Waals surface area (Å²) in [4.78, 5) is 9.60. The van der Waals surface area contributed by atoms with E-state index in [4.69, 9.17) is 15.3 Å². The van der Waals surface area contributed by atoms with Gasteiger partial charge in [0, 0.05) is 5.57 Å². The fraction of sp³-hybridized carbons (Fsp3) is 0.100. The molecule has 0 aliphatic heterocycles. The Balaban J connectivity index is 0.000000255. The Hall–Kier alpha value is -1.97. The molecule has 4 nitrogen and oxygen atoms in total. The molecule has 0 bridgehead atoms. The highest BCUT2D eigenvalue weighted by atomic mass is 16.4. The summed E-state index contributed by atoms with van der Waals surface area (Å²) in [5, 5.41) is 25.2. The quantitative estimate of drug-likeness (QED) is 0.472. The Bertz CT molecular complexity index is 298. The van der Waals surface area contributed by atoms with Crippen molar-refractivity contribution in [3.63, 3.8) is 0 Å². The number of carboxylic acid groups (broad SMARTS) is 1. The maximum atomic E-state index is 9.60. The van der Waals surface area contributed by atoms with Gasteiger partial charge in [-0.2, -0.15) is 0 Å². The minimum absolute atomic E-state index is 0.0764. The summed E-state index contributed by atoms with van der Waals surface area (Å²) >= 11 is 0. The predicted octanol–water partition coefficient (Wildman–Crippen LogP) is 1.74. The molecule has 0 heterocycles. The van der Waals surface area contributed by atoms with Crippen LogP contribution in [0.4, 0.5) is 0 Å². The van der Waals surface area contributed by atoms with Gasteiger partial charge in [0.05, 0.1) is 0 Å². The third-order valence-corrected chi connectivity index (χ3v) is 1.25. The molecule has 1 aromatic carbocycles. The molecule has 0 fully saturated rings. The molecule has 0 atom stereocenters. The zero-order valence-electron chi connectivity index (χ0n) is 7.77. The number of hydrogen-bond donors (Lipinski definition) is 3. The molecule has 3 N–H and O–H groups in total. The molecule has 0 saturated heterocycles. The number of carbonyl (C=O) groups is 1. The van der Waals surface area contributed by atoms with Gasteiger partial charge in [-0.15, -0.1) is 0 Å². The van der Waals surface area contributed by atoms with Crippen molar-refractivity contribution >= 4 is 5.97 Å². The summed E-state index contributed by atoms with van der Waals surface area (Å²) in [6.45, 7) is 4.60. The number of phenolic OH excluding ortho intramolecular Hbond substituents is 2. The van der Waals surface area contributed by atoms with Crippen LogP contribution in [0.5, 0.6) is 11.5 Å². The van der Waals surface area contributed by atoms with Crippen molar-refractivity contribution in [2.24, 2.45) is 0 Å². The van der Waals surface area contributed by atoms with Crippen molar-refractivity contribution in [3.8, 4) is 11.5 Å². The molecule has 1 aromatic rings. The largest absolute Gasteiger partial charge is 0.504 e. The van der Waals surface area contributed by atoms with Gasteiger partial charge in [-0.1, -0.05) is 18.7 Å². The number of carboxylic acids is 1. The molecule has 0 unspecified atom stereocenters. The number of aromatic hydroxyl groups is 2. The Morgan fingerprint density at radius 2 is 1.50 bits per heavy atom. The van der Waals surface area contributed by atoms with E-state index in [2.05, 4.69) is 6.58 Å². The van der Waals surface area contributed by atoms with E-state index in [1.807, 2.05) is 0 Å². The topological polar surface area (TPSA) is 77.8 Å². The lowest BCUT2D eigenvalue weighted by atomic mass is 10.3. The number of phenols is 2. The van der Waals surface area contributed by atoms with Crippen LogP contribution in [-0.2, 0) is 4.79 Å². The van der Waals surface area contributed by atoms with Gasteiger partial charge in [-0.25, -0.2) is 4.79 Å². The maximum absolute atomic E-state index is 9.60. The highest BCUT2D eigenvalue weighted by molar-refractivity contribution is 5.84. The van der Waals surface area contributed by atoms with Crippen LogP contribution in [0.25, 0.3) is 0 Å². The second kappa shape index (κ2) is 5.64. The Morgan fingerprint density at radius 3 is 1.64 bits per heavy atom. The number of hydrogen-bond acceptors (Lipinski definition) is 3. The van der Waals surface area contributed by atoms with E-state index in [9.17, 15) is 4.79 Å². The van der Waals surface area contributed by atoms with Crippen molar-refractivity contribution in [2.45, 2.75) is 6.92 Å². The van der Waals surface area contributed by atoms with Gasteiger partial charge in [-0.05, 0) is 19.1 Å². The summed E-state index contributed by atoms with van der Waals surface area (Å²) in [6, 6.07) is 6.15. The van der Waals surface area contributed by atoms with Crippen molar-refractivity contribution in [3.05, 3.63) is 36.4 Å². The number of para-hydroxylation sites is 2. The first-order chi connectivity index (χ1) is 6.45. The Morgan fingerprint density at radius 1 is 1.21 bits per heavy atom. The van der Waals surface area contributed by atoms with Gasteiger partial charge in [0.15, 0.2) is 11.5 Å². The summed E-state index contributed by atoms with van der Waals surface area (Å²) in [5.74, 6) is -1.09. The van der Waals surface area contributed by atoms with Crippen LogP contribution in [0.15, 0.2) is 36.4 Å². The first kappa shape index (κ1) is 12.0. The SMILES string of the molecule is C=C(C)C(=O)O.Oc1ccccc1O. The third kappa shape index (κ3) is 4.82. The Kier molecular flexibility index (Phi) is 4.84. The molecule has 0 aliphatic carbocycles. The zero-order chi connectivity index (χ0) is 11.1. The first-order valence-electron chi connectivity index (χ1n) is 3.81. The van der Waals surface area contributed by atoms with Crippen molar-refractivity contribution in [1.82, 2.24) is 0 Å². The lowest BCUT2D eigenvalue weighted by Gasteiger charge is -1.91. The average molecular weight is 196 g/mol. The highest BCUT2D eigenvalue weighted by Crippen LogP contribution is 2.21. The molecular formula is C10H12O4. The second-order valence-electron chi connectivity index (χ2n) is 2.57. The summed E-state index contributed by atoms with van der Waals surface area (Å²) in [6.07, 6.45) is 0. The highest BCUT2D eigenvalue weighted by Gasteiger charge is 1.90. The van der Waals surface area contributed by atoms with Gasteiger partial charge in [0.1, 0.15) is 0 Å². The van der Waals surface area contributed by atoms with E-state index in [0.717, 1.165) is 0 Å². The molecule has 0 radical (unpaired) electrons. The zero-order valence-corrected chi connectivity index (χ0v) is 7.77. The van der Waals surface area contributed by atoms with Crippen LogP contribution >= 0.6 is 0 Å². The van der Waals surface area contributed by atoms with E-state index in [0.29, 0.717) is 0 Å². The van der Waals surface area contributed by atoms with Crippen LogP contribution in [0.1, 0.15) is 6.92 Å². The smallest absolute Gasteiger partial charge is 0.330 e. The molecule has 0 aliphatic rings. The fourth-order valence-corrected chi connectivity index (χ4v) is 0.464. The standard InChI is InChI=1S/C6H6O2.C4H6O2/c7-5-3-1-2-4-6(5)8;1-3(2)4(5)6/h1-4,7-8H;1H2,2H3,(H,5,6). The van der Waals surface area contributed by atoms with Crippen molar-refractivity contribution < 1.29 is 20.1 Å². The van der Waals surface area contributed by atoms with Gasteiger partial charge < -0.3 is 15.3 Å². The normalized spacial score (nSPS) is 8.36. The third-order valence-electron chi connectivity index (χ3n) is 1.25. The van der Waals surface area contributed by atoms with Crippen LogP contribution < -0.4 is 0 Å². The number of benzene rings is 1. The lowest BCUT2D eigenvalue weighted by molar-refractivity contribution is -0.132. The lowest BCUT2D eigenvalue weighted by Crippen LogP contribution is -1.92. The molecular weight excluding hydrogens is 184 g/mol. The van der Waals surface area contributed by atoms with Gasteiger partial charge in [0.25, 0.3) is 0 Å². The summed E-state index contributed by atoms with van der Waals surface area (Å²) in [5.41, 5.74) is 0.176. The van der Waals surface area contributed by atoms with E-state index < -0.39 is 5.97 Å². The molecule has 0 aromatic heterocycles. The monoisotopic (exact) mass is 196 g/mol. The van der Waals surface area contributed by atoms with E-state index in [-0.39, 0.29) is 17.1 Å². The van der Waals surface area contributed by atoms with E-state index in [1.54, 1.807) is 12.1 Å². The fourth-order valence-electron chi connectivity index (χ4n) is 0.464. The van der Waals surface area contributed by atoms with Crippen molar-refractivity contribution in [1.29, 1.82) is 0 Å². The molecule has 4 heteroatoms. The van der Waals surface area contributed by atoms with E-state index in [1.165, 1.54) is 19.1 Å². The maximum Gasteiger partial charge on any atom is 0.330 e. The van der Waals surface area contributed by atoms with Crippen molar-refractivity contribution in [2.75, 3.05) is 0 Å². The van der Waals surface area contributed by atoms with Crippen LogP contribution in [0, 0.1) is 0 Å². The first-order valence-corrected chi connectivity index (χ1v) is 3.81. The van der Waals surface area contributed by atoms with Crippen LogP contribution in [0.3, 0.4) is 0 Å². The number of aliphatic carboxylic acids is 1. The minimum atomic E-state index is -0.935. The van der Waals surface area contributed by atoms with E-state index >= 15 is 0 Å². The van der Waals surface area contributed by atoms with Crippen LogP contribution in [0.2, 0.25) is 0 Å². The molecule has 0 spiro atoms.